The van der Waals surface area contributed by atoms with Crippen LogP contribution in [0.5, 0.6) is 0 Å². The highest BCUT2D eigenvalue weighted by Gasteiger charge is 2.30. The van der Waals surface area contributed by atoms with Crippen LogP contribution in [0, 0.1) is 0 Å². The second-order valence-corrected chi connectivity index (χ2v) is 6.42. The Kier molecular flexibility index (Phi) is 5.82. The summed E-state index contributed by atoms with van der Waals surface area (Å²) in [4.78, 5) is 1.32. The predicted octanol–water partition coefficient (Wildman–Crippen LogP) is 3.87. The Morgan fingerprint density at radius 1 is 1.10 bits per heavy atom. The van der Waals surface area contributed by atoms with Crippen LogP contribution in [0.15, 0.2) is 24.3 Å². The Bertz CT molecular complexity index is 432. The lowest BCUT2D eigenvalue weighted by atomic mass is 9.86. The van der Waals surface area contributed by atoms with Gasteiger partial charge in [-0.05, 0) is 23.1 Å². The smallest absolute Gasteiger partial charge is 0.323 e. The molecule has 120 valence electrons. The van der Waals surface area contributed by atoms with Gasteiger partial charge in [-0.15, -0.1) is 0 Å². The van der Waals surface area contributed by atoms with Gasteiger partial charge in [-0.1, -0.05) is 52.0 Å². The van der Waals surface area contributed by atoms with Crippen molar-refractivity contribution in [3.05, 3.63) is 35.4 Å². The fourth-order valence-electron chi connectivity index (χ4n) is 2.17. The molecule has 2 nitrogen and oxygen atoms in total. The van der Waals surface area contributed by atoms with E-state index in [9.17, 15) is 13.2 Å². The molecule has 1 unspecified atom stereocenters. The summed E-state index contributed by atoms with van der Waals surface area (Å²) < 4.78 is 37.3. The van der Waals surface area contributed by atoms with Crippen LogP contribution in [0.25, 0.3) is 0 Å². The van der Waals surface area contributed by atoms with Gasteiger partial charge in [0.2, 0.25) is 0 Å². The third-order valence-electron chi connectivity index (χ3n) is 3.51. The van der Waals surface area contributed by atoms with Gasteiger partial charge >= 0.3 is 6.18 Å². The first-order chi connectivity index (χ1) is 9.53. The van der Waals surface area contributed by atoms with Crippen LogP contribution < -0.4 is 5.73 Å². The van der Waals surface area contributed by atoms with Crippen LogP contribution in [0.3, 0.4) is 0 Å². The zero-order valence-corrected chi connectivity index (χ0v) is 13.2. The molecule has 5 heteroatoms. The molecule has 1 rings (SSSR count). The first-order valence-corrected chi connectivity index (χ1v) is 7.18. The molecule has 0 saturated carbocycles. The van der Waals surface area contributed by atoms with Gasteiger partial charge in [-0.25, -0.2) is 0 Å². The van der Waals surface area contributed by atoms with E-state index in [2.05, 4.69) is 20.8 Å². The number of hydrogen-bond acceptors (Lipinski definition) is 2. The summed E-state index contributed by atoms with van der Waals surface area (Å²) in [7, 11) is 0. The third kappa shape index (κ3) is 6.06. The van der Waals surface area contributed by atoms with Crippen LogP contribution in [0.2, 0.25) is 0 Å². The highest BCUT2D eigenvalue weighted by molar-refractivity contribution is 5.29. The van der Waals surface area contributed by atoms with Crippen molar-refractivity contribution in [1.82, 2.24) is 4.90 Å². The van der Waals surface area contributed by atoms with E-state index in [1.54, 1.807) is 6.92 Å². The van der Waals surface area contributed by atoms with Crippen molar-refractivity contribution in [1.29, 1.82) is 0 Å². The lowest BCUT2D eigenvalue weighted by molar-refractivity contribution is -0.145. The quantitative estimate of drug-likeness (QED) is 0.894. The monoisotopic (exact) mass is 302 g/mol. The number of benzene rings is 1. The number of rotatable bonds is 5. The van der Waals surface area contributed by atoms with E-state index in [1.807, 2.05) is 24.3 Å². The van der Waals surface area contributed by atoms with Crippen LogP contribution in [0.4, 0.5) is 13.2 Å². The molecule has 0 amide bonds. The van der Waals surface area contributed by atoms with Crippen LogP contribution in [-0.4, -0.2) is 30.7 Å². The summed E-state index contributed by atoms with van der Waals surface area (Å²) in [5.74, 6) is 0. The van der Waals surface area contributed by atoms with E-state index in [4.69, 9.17) is 5.73 Å². The SMILES string of the molecule is CCN(CC(N)c1ccc(C(C)(C)C)cc1)CC(F)(F)F. The van der Waals surface area contributed by atoms with E-state index in [1.165, 1.54) is 10.5 Å². The minimum atomic E-state index is -4.19. The van der Waals surface area contributed by atoms with E-state index in [0.717, 1.165) is 5.56 Å². The number of alkyl halides is 3. The average molecular weight is 302 g/mol. The molecule has 0 heterocycles. The fraction of sp³-hybridized carbons (Fsp3) is 0.625. The Morgan fingerprint density at radius 3 is 2.00 bits per heavy atom. The van der Waals surface area contributed by atoms with E-state index in [0.29, 0.717) is 6.54 Å². The standard InChI is InChI=1S/C16H25F3N2/c1-5-21(11-16(17,18)19)10-14(20)12-6-8-13(9-7-12)15(2,3)4/h6-9,14H,5,10-11,20H2,1-4H3. The molecular weight excluding hydrogens is 277 g/mol. The van der Waals surface area contributed by atoms with E-state index in [-0.39, 0.29) is 12.0 Å². The lowest BCUT2D eigenvalue weighted by Crippen LogP contribution is -2.38. The molecule has 1 aromatic carbocycles. The Balaban J connectivity index is 2.72. The molecule has 0 bridgehead atoms. The maximum atomic E-state index is 12.4. The molecule has 1 aromatic rings. The lowest BCUT2D eigenvalue weighted by Gasteiger charge is -2.26. The highest BCUT2D eigenvalue weighted by atomic mass is 19.4. The number of nitrogens with two attached hydrogens (primary N) is 1. The summed E-state index contributed by atoms with van der Waals surface area (Å²) in [6.07, 6.45) is -4.19. The number of likely N-dealkylation sites (N-methyl/N-ethyl adjacent to an activating group) is 1. The van der Waals surface area contributed by atoms with Crippen molar-refractivity contribution in [2.45, 2.75) is 45.3 Å². The van der Waals surface area contributed by atoms with Gasteiger partial charge < -0.3 is 5.73 Å². The topological polar surface area (TPSA) is 29.3 Å². The number of nitrogens with zero attached hydrogens (tertiary/aromatic N) is 1. The third-order valence-corrected chi connectivity index (χ3v) is 3.51. The van der Waals surface area contributed by atoms with Crippen molar-refractivity contribution in [3.63, 3.8) is 0 Å². The van der Waals surface area contributed by atoms with Crippen molar-refractivity contribution in [2.75, 3.05) is 19.6 Å². The molecule has 0 fully saturated rings. The average Bonchev–Trinajstić information content (AvgIpc) is 2.35. The summed E-state index contributed by atoms with van der Waals surface area (Å²) in [5, 5.41) is 0. The van der Waals surface area contributed by atoms with Gasteiger partial charge in [-0.2, -0.15) is 13.2 Å². The van der Waals surface area contributed by atoms with Crippen LogP contribution in [-0.2, 0) is 5.41 Å². The molecule has 0 aliphatic carbocycles. The Hall–Kier alpha value is -1.07. The minimum Gasteiger partial charge on any atom is -0.323 e. The first kappa shape index (κ1) is 18.0. The largest absolute Gasteiger partial charge is 0.401 e. The van der Waals surface area contributed by atoms with Gasteiger partial charge in [0.1, 0.15) is 0 Å². The van der Waals surface area contributed by atoms with Gasteiger partial charge in [0.25, 0.3) is 0 Å². The molecule has 1 atom stereocenters. The van der Waals surface area contributed by atoms with Crippen LogP contribution in [0.1, 0.15) is 44.9 Å². The maximum Gasteiger partial charge on any atom is 0.401 e. The van der Waals surface area contributed by atoms with Crippen LogP contribution >= 0.6 is 0 Å². The number of hydrogen-bond donors (Lipinski definition) is 1. The van der Waals surface area contributed by atoms with Crippen molar-refractivity contribution in [3.8, 4) is 0 Å². The molecule has 21 heavy (non-hydrogen) atoms. The summed E-state index contributed by atoms with van der Waals surface area (Å²) in [6, 6.07) is 7.39. The molecule has 2 N–H and O–H groups in total. The van der Waals surface area contributed by atoms with Gasteiger partial charge in [-0.3, -0.25) is 4.90 Å². The van der Waals surface area contributed by atoms with E-state index < -0.39 is 18.8 Å². The molecule has 0 aliphatic rings. The normalized spacial score (nSPS) is 14.5. The van der Waals surface area contributed by atoms with Gasteiger partial charge in [0, 0.05) is 12.6 Å². The van der Waals surface area contributed by atoms with Crippen molar-refractivity contribution >= 4 is 0 Å². The maximum absolute atomic E-state index is 12.4. The number of halogens is 3. The predicted molar refractivity (Wildman–Crippen MR) is 80.2 cm³/mol. The molecule has 0 radical (unpaired) electrons. The Labute approximate surface area is 125 Å². The summed E-state index contributed by atoms with van der Waals surface area (Å²) in [5.41, 5.74) is 8.14. The molecule has 0 spiro atoms. The second kappa shape index (κ2) is 6.79. The zero-order valence-electron chi connectivity index (χ0n) is 13.2. The molecule has 0 aliphatic heterocycles. The fourth-order valence-corrected chi connectivity index (χ4v) is 2.17. The summed E-state index contributed by atoms with van der Waals surface area (Å²) in [6.45, 7) is 7.66. The molecule has 0 aromatic heterocycles. The minimum absolute atomic E-state index is 0.0500. The first-order valence-electron chi connectivity index (χ1n) is 7.18. The van der Waals surface area contributed by atoms with Crippen molar-refractivity contribution in [2.24, 2.45) is 5.73 Å². The zero-order chi connectivity index (χ0) is 16.3. The second-order valence-electron chi connectivity index (χ2n) is 6.42. The molecule has 0 saturated heterocycles. The van der Waals surface area contributed by atoms with Gasteiger partial charge in [0.15, 0.2) is 0 Å². The highest BCUT2D eigenvalue weighted by Crippen LogP contribution is 2.24. The van der Waals surface area contributed by atoms with E-state index >= 15 is 0 Å². The molecular formula is C16H25F3N2. The van der Waals surface area contributed by atoms with Crippen molar-refractivity contribution < 1.29 is 13.2 Å². The summed E-state index contributed by atoms with van der Waals surface area (Å²) >= 11 is 0. The Morgan fingerprint density at radius 2 is 1.62 bits per heavy atom. The van der Waals surface area contributed by atoms with Gasteiger partial charge in [0.05, 0.1) is 6.54 Å².